The summed E-state index contributed by atoms with van der Waals surface area (Å²) in [4.78, 5) is 24.5. The normalized spacial score (nSPS) is 10.5. The molecule has 2 aromatic rings. The molecule has 0 spiro atoms. The van der Waals surface area contributed by atoms with Crippen molar-refractivity contribution in [2.24, 2.45) is 0 Å². The highest BCUT2D eigenvalue weighted by Gasteiger charge is 2.17. The summed E-state index contributed by atoms with van der Waals surface area (Å²) in [7, 11) is 0. The lowest BCUT2D eigenvalue weighted by Crippen LogP contribution is -2.43. The van der Waals surface area contributed by atoms with Gasteiger partial charge in [0.2, 0.25) is 0 Å². The van der Waals surface area contributed by atoms with E-state index in [2.05, 4.69) is 16.0 Å². The number of aromatic nitrogens is 2. The Bertz CT molecular complexity index is 851. The quantitative estimate of drug-likeness (QED) is 0.655. The SMILES string of the molecule is CCCOc1c(Cl)cc(C(=O)NNC(=O)Cn2nc(C)cc2C)cc1OCC. The van der Waals surface area contributed by atoms with Crippen molar-refractivity contribution in [3.8, 4) is 11.5 Å². The van der Waals surface area contributed by atoms with Gasteiger partial charge >= 0.3 is 0 Å². The maximum atomic E-state index is 12.4. The van der Waals surface area contributed by atoms with Gasteiger partial charge in [-0.1, -0.05) is 18.5 Å². The minimum absolute atomic E-state index is 0.00526. The number of ether oxygens (including phenoxy) is 2. The average molecular weight is 409 g/mol. The smallest absolute Gasteiger partial charge is 0.269 e. The second-order valence-electron chi connectivity index (χ2n) is 6.15. The van der Waals surface area contributed by atoms with Gasteiger partial charge in [-0.05, 0) is 45.4 Å². The molecule has 0 saturated carbocycles. The summed E-state index contributed by atoms with van der Waals surface area (Å²) in [5.74, 6) is -0.150. The lowest BCUT2D eigenvalue weighted by molar-refractivity contribution is -0.122. The molecule has 0 radical (unpaired) electrons. The number of aryl methyl sites for hydroxylation is 2. The number of rotatable bonds is 8. The molecule has 0 saturated heterocycles. The van der Waals surface area contributed by atoms with Gasteiger partial charge in [-0.3, -0.25) is 25.1 Å². The summed E-state index contributed by atoms with van der Waals surface area (Å²) >= 11 is 6.26. The Balaban J connectivity index is 2.04. The minimum atomic E-state index is -0.522. The Morgan fingerprint density at radius 2 is 1.89 bits per heavy atom. The largest absolute Gasteiger partial charge is 0.490 e. The van der Waals surface area contributed by atoms with Crippen LogP contribution in [0.4, 0.5) is 0 Å². The van der Waals surface area contributed by atoms with Crippen LogP contribution in [0.15, 0.2) is 18.2 Å². The Kier molecular flexibility index (Phi) is 7.69. The van der Waals surface area contributed by atoms with Crippen LogP contribution in [-0.2, 0) is 11.3 Å². The van der Waals surface area contributed by atoms with Crippen molar-refractivity contribution in [2.45, 2.75) is 40.7 Å². The van der Waals surface area contributed by atoms with Crippen molar-refractivity contribution in [1.82, 2.24) is 20.6 Å². The van der Waals surface area contributed by atoms with Crippen molar-refractivity contribution >= 4 is 23.4 Å². The highest BCUT2D eigenvalue weighted by atomic mass is 35.5. The maximum absolute atomic E-state index is 12.4. The van der Waals surface area contributed by atoms with Gasteiger partial charge in [0, 0.05) is 11.3 Å². The number of hydrogen-bond donors (Lipinski definition) is 2. The van der Waals surface area contributed by atoms with Crippen LogP contribution in [0.25, 0.3) is 0 Å². The zero-order valence-electron chi connectivity index (χ0n) is 16.5. The lowest BCUT2D eigenvalue weighted by Gasteiger charge is -2.15. The second kappa shape index (κ2) is 9.98. The Morgan fingerprint density at radius 3 is 2.50 bits per heavy atom. The molecule has 1 aromatic heterocycles. The molecule has 1 heterocycles. The van der Waals surface area contributed by atoms with Gasteiger partial charge in [0.15, 0.2) is 11.5 Å². The van der Waals surface area contributed by atoms with Crippen LogP contribution in [0, 0.1) is 13.8 Å². The molecule has 0 aliphatic carbocycles. The van der Waals surface area contributed by atoms with E-state index in [9.17, 15) is 9.59 Å². The van der Waals surface area contributed by atoms with Gasteiger partial charge in [0.05, 0.1) is 23.9 Å². The van der Waals surface area contributed by atoms with E-state index in [-0.39, 0.29) is 17.1 Å². The molecule has 2 rings (SSSR count). The van der Waals surface area contributed by atoms with E-state index in [0.717, 1.165) is 17.8 Å². The maximum Gasteiger partial charge on any atom is 0.269 e. The van der Waals surface area contributed by atoms with Crippen molar-refractivity contribution in [1.29, 1.82) is 0 Å². The van der Waals surface area contributed by atoms with Crippen LogP contribution >= 0.6 is 11.6 Å². The summed E-state index contributed by atoms with van der Waals surface area (Å²) in [5.41, 5.74) is 6.65. The molecule has 0 aliphatic heterocycles. The van der Waals surface area contributed by atoms with Gasteiger partial charge in [-0.25, -0.2) is 0 Å². The first-order chi connectivity index (χ1) is 13.3. The van der Waals surface area contributed by atoms with Crippen LogP contribution in [0.3, 0.4) is 0 Å². The van der Waals surface area contributed by atoms with Gasteiger partial charge < -0.3 is 9.47 Å². The number of benzene rings is 1. The second-order valence-corrected chi connectivity index (χ2v) is 6.56. The van der Waals surface area contributed by atoms with Crippen molar-refractivity contribution < 1.29 is 19.1 Å². The minimum Gasteiger partial charge on any atom is -0.490 e. The van der Waals surface area contributed by atoms with E-state index in [1.807, 2.05) is 33.8 Å². The first kappa shape index (κ1) is 21.6. The molecule has 0 aliphatic rings. The number of carbonyl (C=O) groups excluding carboxylic acids is 2. The van der Waals surface area contributed by atoms with E-state index >= 15 is 0 Å². The monoisotopic (exact) mass is 408 g/mol. The van der Waals surface area contributed by atoms with Gasteiger partial charge in [-0.15, -0.1) is 0 Å². The molecule has 0 bridgehead atoms. The molecular weight excluding hydrogens is 384 g/mol. The number of halogens is 1. The first-order valence-corrected chi connectivity index (χ1v) is 9.42. The number of nitrogens with one attached hydrogen (secondary N) is 2. The van der Waals surface area contributed by atoms with E-state index in [4.69, 9.17) is 21.1 Å². The highest BCUT2D eigenvalue weighted by molar-refractivity contribution is 6.32. The molecule has 8 nitrogen and oxygen atoms in total. The third kappa shape index (κ3) is 5.63. The predicted octanol–water partition coefficient (Wildman–Crippen LogP) is 2.80. The van der Waals surface area contributed by atoms with Crippen LogP contribution < -0.4 is 20.3 Å². The van der Waals surface area contributed by atoms with Crippen molar-refractivity contribution in [2.75, 3.05) is 13.2 Å². The fourth-order valence-corrected chi connectivity index (χ4v) is 2.78. The predicted molar refractivity (Wildman–Crippen MR) is 106 cm³/mol. The molecule has 152 valence electrons. The van der Waals surface area contributed by atoms with Gasteiger partial charge in [-0.2, -0.15) is 5.10 Å². The summed E-state index contributed by atoms with van der Waals surface area (Å²) < 4.78 is 12.7. The van der Waals surface area contributed by atoms with Crippen molar-refractivity contribution in [3.05, 3.63) is 40.2 Å². The number of hydrazine groups is 1. The summed E-state index contributed by atoms with van der Waals surface area (Å²) in [5, 5.41) is 4.47. The van der Waals surface area contributed by atoms with E-state index in [0.29, 0.717) is 24.7 Å². The third-order valence-corrected chi connectivity index (χ3v) is 4.02. The van der Waals surface area contributed by atoms with Crippen molar-refractivity contribution in [3.63, 3.8) is 0 Å². The molecule has 0 atom stereocenters. The van der Waals surface area contributed by atoms with Crippen LogP contribution in [-0.4, -0.2) is 34.8 Å². The Morgan fingerprint density at radius 1 is 1.14 bits per heavy atom. The van der Waals surface area contributed by atoms with Gasteiger partial charge in [0.1, 0.15) is 6.54 Å². The lowest BCUT2D eigenvalue weighted by atomic mass is 10.2. The first-order valence-electron chi connectivity index (χ1n) is 9.05. The van der Waals surface area contributed by atoms with Crippen LogP contribution in [0.2, 0.25) is 5.02 Å². The number of amides is 2. The van der Waals surface area contributed by atoms with Gasteiger partial charge in [0.25, 0.3) is 11.8 Å². The average Bonchev–Trinajstić information content (AvgIpc) is 2.96. The van der Waals surface area contributed by atoms with Crippen LogP contribution in [0.1, 0.15) is 42.0 Å². The molecule has 0 fully saturated rings. The van der Waals surface area contributed by atoms with E-state index < -0.39 is 11.8 Å². The summed E-state index contributed by atoms with van der Waals surface area (Å²) in [6.45, 7) is 8.36. The molecule has 0 unspecified atom stereocenters. The molecular formula is C19H25ClN4O4. The molecule has 9 heteroatoms. The topological polar surface area (TPSA) is 94.5 Å². The zero-order valence-corrected chi connectivity index (χ0v) is 17.2. The fourth-order valence-electron chi connectivity index (χ4n) is 2.52. The van der Waals surface area contributed by atoms with E-state index in [1.54, 1.807) is 4.68 Å². The standard InChI is InChI=1S/C19H25ClN4O4/c1-5-7-28-18-15(20)9-14(10-16(18)27-6-2)19(26)22-21-17(25)11-24-13(4)8-12(3)23-24/h8-10H,5-7,11H2,1-4H3,(H,21,25)(H,22,26). The van der Waals surface area contributed by atoms with E-state index in [1.165, 1.54) is 12.1 Å². The number of carbonyl (C=O) groups is 2. The Hall–Kier alpha value is -2.74. The molecule has 2 N–H and O–H groups in total. The summed E-state index contributed by atoms with van der Waals surface area (Å²) in [6.07, 6.45) is 0.811. The zero-order chi connectivity index (χ0) is 20.7. The number of hydrogen-bond acceptors (Lipinski definition) is 5. The Labute approximate surface area is 169 Å². The van der Waals surface area contributed by atoms with Crippen LogP contribution in [0.5, 0.6) is 11.5 Å². The molecule has 2 amide bonds. The third-order valence-electron chi connectivity index (χ3n) is 3.73. The fraction of sp³-hybridized carbons (Fsp3) is 0.421. The number of nitrogens with zero attached hydrogens (tertiary/aromatic N) is 2. The summed E-state index contributed by atoms with van der Waals surface area (Å²) in [6, 6.07) is 4.87. The molecule has 28 heavy (non-hydrogen) atoms. The highest BCUT2D eigenvalue weighted by Crippen LogP contribution is 2.36. The molecule has 1 aromatic carbocycles.